The molecule has 0 spiro atoms. The molecule has 1 aromatic rings. The molecule has 1 aliphatic heterocycles. The first-order chi connectivity index (χ1) is 12.3. The Labute approximate surface area is 152 Å². The predicted molar refractivity (Wildman–Crippen MR) is 94.6 cm³/mol. The van der Waals surface area contributed by atoms with Gasteiger partial charge in [-0.3, -0.25) is 4.79 Å². The average molecular weight is 356 g/mol. The molecule has 2 rings (SSSR count). The highest BCUT2D eigenvalue weighted by Crippen LogP contribution is 2.32. The van der Waals surface area contributed by atoms with Crippen molar-refractivity contribution in [3.8, 4) is 0 Å². The van der Waals surface area contributed by atoms with Gasteiger partial charge < -0.3 is 19.5 Å². The summed E-state index contributed by atoms with van der Waals surface area (Å²) in [5, 5.41) is 10.9. The van der Waals surface area contributed by atoms with Gasteiger partial charge in [0.15, 0.2) is 0 Å². The van der Waals surface area contributed by atoms with Crippen molar-refractivity contribution in [1.82, 2.24) is 4.90 Å². The molecule has 26 heavy (non-hydrogen) atoms. The predicted octanol–water partition coefficient (Wildman–Crippen LogP) is 1.77. The van der Waals surface area contributed by atoms with E-state index < -0.39 is 11.9 Å². The molecule has 0 radical (unpaired) electrons. The lowest BCUT2D eigenvalue weighted by Gasteiger charge is -2.19. The second kappa shape index (κ2) is 7.99. The quantitative estimate of drug-likeness (QED) is 0.573. The lowest BCUT2D eigenvalue weighted by Crippen LogP contribution is -2.28. The molecule has 0 aromatic heterocycles. The third kappa shape index (κ3) is 4.02. The van der Waals surface area contributed by atoms with E-state index in [0.29, 0.717) is 17.8 Å². The van der Waals surface area contributed by atoms with E-state index in [1.165, 1.54) is 12.1 Å². The lowest BCUT2D eigenvalue weighted by molar-refractivity contribution is -0.255. The number of amides is 1. The van der Waals surface area contributed by atoms with E-state index in [-0.39, 0.29) is 35.1 Å². The van der Waals surface area contributed by atoms with Gasteiger partial charge in [0.2, 0.25) is 0 Å². The van der Waals surface area contributed by atoms with Gasteiger partial charge in [-0.2, -0.15) is 0 Å². The maximum Gasteiger partial charge on any atom is 0.340 e. The average Bonchev–Trinajstić information content (AvgIpc) is 2.79. The van der Waals surface area contributed by atoms with Crippen LogP contribution in [-0.2, 0) is 14.3 Å². The van der Waals surface area contributed by atoms with Crippen molar-refractivity contribution in [3.05, 3.63) is 52.2 Å². The van der Waals surface area contributed by atoms with Crippen LogP contribution in [0.15, 0.2) is 41.1 Å². The largest absolute Gasteiger partial charge is 0.545 e. The Morgan fingerprint density at radius 1 is 1.23 bits per heavy atom. The zero-order valence-electron chi connectivity index (χ0n) is 15.4. The fourth-order valence-corrected chi connectivity index (χ4v) is 2.80. The van der Waals surface area contributed by atoms with Crippen LogP contribution in [0.5, 0.6) is 0 Å². The maximum absolute atomic E-state index is 12.9. The minimum Gasteiger partial charge on any atom is -0.545 e. The number of hydrogen-bond donors (Lipinski definition) is 0. The monoisotopic (exact) mass is 356 g/mol. The second-order valence-corrected chi connectivity index (χ2v) is 6.46. The van der Waals surface area contributed by atoms with Crippen molar-refractivity contribution in [2.24, 2.45) is 5.92 Å². The minimum absolute atomic E-state index is 0.0451. The van der Waals surface area contributed by atoms with Gasteiger partial charge in [-0.25, -0.2) is 4.79 Å². The van der Waals surface area contributed by atoms with Crippen molar-refractivity contribution >= 4 is 23.9 Å². The first-order valence-electron chi connectivity index (χ1n) is 8.49. The van der Waals surface area contributed by atoms with E-state index in [9.17, 15) is 19.5 Å². The van der Waals surface area contributed by atoms with E-state index in [2.05, 4.69) is 0 Å². The normalized spacial score (nSPS) is 16.0. The number of hydrogen-bond acceptors (Lipinski definition) is 5. The number of rotatable bonds is 6. The summed E-state index contributed by atoms with van der Waals surface area (Å²) in [6, 6.07) is 5.92. The van der Waals surface area contributed by atoms with Crippen LogP contribution < -0.4 is 5.11 Å². The third-order valence-electron chi connectivity index (χ3n) is 4.00. The van der Waals surface area contributed by atoms with Crippen molar-refractivity contribution < 1.29 is 24.2 Å². The zero-order valence-corrected chi connectivity index (χ0v) is 15.4. The van der Waals surface area contributed by atoms with Crippen molar-refractivity contribution in [1.29, 1.82) is 0 Å². The summed E-state index contributed by atoms with van der Waals surface area (Å²) in [4.78, 5) is 37.7. The summed E-state index contributed by atoms with van der Waals surface area (Å²) in [7, 11) is 0. The fourth-order valence-electron chi connectivity index (χ4n) is 2.80. The Kier molecular flexibility index (Phi) is 5.97. The molecule has 0 unspecified atom stereocenters. The molecule has 0 fully saturated rings. The number of carboxylic acids is 1. The number of nitrogens with zero attached hydrogens (tertiary/aromatic N) is 1. The summed E-state index contributed by atoms with van der Waals surface area (Å²) in [6.45, 7) is 8.12. The Balaban J connectivity index is 2.47. The molecule has 0 aliphatic carbocycles. The molecule has 0 atom stereocenters. The third-order valence-corrected chi connectivity index (χ3v) is 4.00. The number of carbonyl (C=O) groups is 3. The smallest absolute Gasteiger partial charge is 0.340 e. The second-order valence-electron chi connectivity index (χ2n) is 6.46. The van der Waals surface area contributed by atoms with Gasteiger partial charge in [-0.1, -0.05) is 38.1 Å². The van der Waals surface area contributed by atoms with Crippen molar-refractivity contribution in [3.63, 3.8) is 0 Å². The topological polar surface area (TPSA) is 86.7 Å². The zero-order chi connectivity index (χ0) is 19.4. The summed E-state index contributed by atoms with van der Waals surface area (Å²) >= 11 is 0. The van der Waals surface area contributed by atoms with Crippen LogP contribution in [0.3, 0.4) is 0 Å². The number of esters is 1. The number of aromatic carboxylic acids is 1. The van der Waals surface area contributed by atoms with Gasteiger partial charge in [-0.15, -0.1) is 0 Å². The Morgan fingerprint density at radius 3 is 2.35 bits per heavy atom. The van der Waals surface area contributed by atoms with E-state index in [1.807, 2.05) is 13.8 Å². The highest BCUT2D eigenvalue weighted by molar-refractivity contribution is 6.16. The molecule has 1 aromatic carbocycles. The van der Waals surface area contributed by atoms with E-state index >= 15 is 0 Å². The summed E-state index contributed by atoms with van der Waals surface area (Å²) in [5.74, 6) is -1.84. The molecule has 0 saturated carbocycles. The molecular formula is C20H22NO5-. The van der Waals surface area contributed by atoms with Crippen LogP contribution in [0.25, 0.3) is 6.08 Å². The fraction of sp³-hybridized carbons (Fsp3) is 0.350. The van der Waals surface area contributed by atoms with Crippen LogP contribution >= 0.6 is 0 Å². The van der Waals surface area contributed by atoms with Crippen LogP contribution in [0.1, 0.15) is 43.6 Å². The summed E-state index contributed by atoms with van der Waals surface area (Å²) < 4.78 is 5.11. The molecule has 0 saturated heterocycles. The first-order valence-corrected chi connectivity index (χ1v) is 8.49. The van der Waals surface area contributed by atoms with Gasteiger partial charge in [0.1, 0.15) is 0 Å². The molecule has 6 heteroatoms. The van der Waals surface area contributed by atoms with Crippen LogP contribution in [0, 0.1) is 5.92 Å². The molecule has 1 aliphatic rings. The molecule has 0 bridgehead atoms. The lowest BCUT2D eigenvalue weighted by atomic mass is 10.0. The Morgan fingerprint density at radius 2 is 1.85 bits per heavy atom. The molecular weight excluding hydrogens is 334 g/mol. The van der Waals surface area contributed by atoms with E-state index in [0.717, 1.165) is 0 Å². The Bertz CT molecular complexity index is 787. The summed E-state index contributed by atoms with van der Waals surface area (Å²) in [6.07, 6.45) is 1.58. The molecule has 1 heterocycles. The number of ether oxygens (including phenoxy) is 1. The van der Waals surface area contributed by atoms with Gasteiger partial charge in [0.25, 0.3) is 5.91 Å². The standard InChI is InChI=1S/C20H23NO5/c1-5-26-20(25)17-13(4)21(11-12(2)3)18(22)16(17)10-14-6-8-15(9-7-14)19(23)24/h6-10,12H,5,11H2,1-4H3,(H,23,24)/p-1/b16-10-. The molecule has 0 N–H and O–H groups in total. The van der Waals surface area contributed by atoms with Gasteiger partial charge in [0.05, 0.1) is 23.7 Å². The van der Waals surface area contributed by atoms with Gasteiger partial charge in [0, 0.05) is 12.2 Å². The highest BCUT2D eigenvalue weighted by atomic mass is 16.5. The van der Waals surface area contributed by atoms with E-state index in [4.69, 9.17) is 4.74 Å². The van der Waals surface area contributed by atoms with Crippen LogP contribution in [0.4, 0.5) is 0 Å². The maximum atomic E-state index is 12.9. The highest BCUT2D eigenvalue weighted by Gasteiger charge is 2.37. The minimum atomic E-state index is -1.27. The summed E-state index contributed by atoms with van der Waals surface area (Å²) in [5.41, 5.74) is 1.73. The molecule has 1 amide bonds. The number of carboxylic acid groups (broad SMARTS) is 1. The van der Waals surface area contributed by atoms with Gasteiger partial charge >= 0.3 is 5.97 Å². The first kappa shape index (κ1) is 19.4. The Hall–Kier alpha value is -2.89. The van der Waals surface area contributed by atoms with Crippen molar-refractivity contribution in [2.75, 3.05) is 13.2 Å². The van der Waals surface area contributed by atoms with Crippen LogP contribution in [-0.4, -0.2) is 35.9 Å². The van der Waals surface area contributed by atoms with Crippen molar-refractivity contribution in [2.45, 2.75) is 27.7 Å². The van der Waals surface area contributed by atoms with E-state index in [1.54, 1.807) is 37.0 Å². The number of benzene rings is 1. The molecule has 6 nitrogen and oxygen atoms in total. The van der Waals surface area contributed by atoms with Crippen LogP contribution in [0.2, 0.25) is 0 Å². The van der Waals surface area contributed by atoms with Gasteiger partial charge in [-0.05, 0) is 37.0 Å². The number of allylic oxidation sites excluding steroid dienone is 1. The molecule has 138 valence electrons. The number of carbonyl (C=O) groups excluding carboxylic acids is 3. The SMILES string of the molecule is CCOC(=O)C1=C(C)N(CC(C)C)C(=O)/C1=C\c1ccc(C(=O)[O-])cc1.